The second-order valence-electron chi connectivity index (χ2n) is 3.14. The Labute approximate surface area is 96.2 Å². The van der Waals surface area contributed by atoms with Crippen LogP contribution in [0.1, 0.15) is 0 Å². The highest BCUT2D eigenvalue weighted by molar-refractivity contribution is 5.35. The molecule has 2 rings (SSSR count). The fourth-order valence-electron chi connectivity index (χ4n) is 1.24. The molecule has 1 N–H and O–H groups in total. The molecule has 1 aromatic heterocycles. The monoisotopic (exact) mass is 262 g/mol. The number of hydrogen-bond donors (Lipinski definition) is 1. The van der Waals surface area contributed by atoms with Crippen LogP contribution in [0, 0.1) is 0 Å². The number of benzene rings is 1. The third kappa shape index (κ3) is 2.62. The summed E-state index contributed by atoms with van der Waals surface area (Å²) in [4.78, 5) is 23.7. The standard InChI is InChI=1S/C9H5F3N2O4/c10-9(11,12)17-6-3-1-5(2-4-6)14-7(15)13-8(16)18-14/h1-4H,(H,13,15,16). The van der Waals surface area contributed by atoms with Gasteiger partial charge in [-0.05, 0) is 24.3 Å². The molecule has 0 amide bonds. The second-order valence-corrected chi connectivity index (χ2v) is 3.14. The molecule has 1 heterocycles. The lowest BCUT2D eigenvalue weighted by Gasteiger charge is -2.08. The van der Waals surface area contributed by atoms with E-state index in [2.05, 4.69) is 9.26 Å². The van der Waals surface area contributed by atoms with Gasteiger partial charge in [0.15, 0.2) is 0 Å². The lowest BCUT2D eigenvalue weighted by molar-refractivity contribution is -0.274. The van der Waals surface area contributed by atoms with Crippen molar-refractivity contribution in [1.29, 1.82) is 0 Å². The first kappa shape index (κ1) is 12.0. The molecule has 0 unspecified atom stereocenters. The van der Waals surface area contributed by atoms with Gasteiger partial charge in [0.1, 0.15) is 5.75 Å². The van der Waals surface area contributed by atoms with Crippen LogP contribution in [0.3, 0.4) is 0 Å². The van der Waals surface area contributed by atoms with E-state index in [0.29, 0.717) is 4.74 Å². The smallest absolute Gasteiger partial charge is 0.406 e. The van der Waals surface area contributed by atoms with Crippen molar-refractivity contribution < 1.29 is 22.4 Å². The number of ether oxygens (including phenoxy) is 1. The van der Waals surface area contributed by atoms with Gasteiger partial charge < -0.3 is 9.26 Å². The molecule has 1 aromatic carbocycles. The zero-order chi connectivity index (χ0) is 13.3. The van der Waals surface area contributed by atoms with Gasteiger partial charge in [0.05, 0.1) is 5.69 Å². The van der Waals surface area contributed by atoms with Gasteiger partial charge >= 0.3 is 17.8 Å². The number of hydrogen-bond acceptors (Lipinski definition) is 4. The molecular formula is C9H5F3N2O4. The van der Waals surface area contributed by atoms with Gasteiger partial charge in [0, 0.05) is 0 Å². The number of rotatable bonds is 2. The Bertz CT molecular complexity index is 650. The molecule has 0 aliphatic carbocycles. The zero-order valence-electron chi connectivity index (χ0n) is 8.52. The molecule has 0 fully saturated rings. The van der Waals surface area contributed by atoms with Crippen LogP contribution in [0.15, 0.2) is 38.4 Å². The molecule has 0 saturated carbocycles. The van der Waals surface area contributed by atoms with Gasteiger partial charge in [0.25, 0.3) is 0 Å². The van der Waals surface area contributed by atoms with E-state index in [9.17, 15) is 22.8 Å². The third-order valence-corrected chi connectivity index (χ3v) is 1.87. The SMILES string of the molecule is O=c1[nH]c(=O)n(-c2ccc(OC(F)(F)F)cc2)o1. The topological polar surface area (TPSA) is 77.2 Å². The molecule has 2 aromatic rings. The van der Waals surface area contributed by atoms with Gasteiger partial charge in [-0.25, -0.2) is 14.6 Å². The van der Waals surface area contributed by atoms with Crippen molar-refractivity contribution in [2.75, 3.05) is 0 Å². The number of halogens is 3. The van der Waals surface area contributed by atoms with E-state index in [-0.39, 0.29) is 5.69 Å². The first-order valence-electron chi connectivity index (χ1n) is 4.54. The summed E-state index contributed by atoms with van der Waals surface area (Å²) < 4.78 is 44.4. The van der Waals surface area contributed by atoms with E-state index in [1.165, 1.54) is 0 Å². The highest BCUT2D eigenvalue weighted by Gasteiger charge is 2.31. The van der Waals surface area contributed by atoms with Crippen molar-refractivity contribution in [3.8, 4) is 11.4 Å². The summed E-state index contributed by atoms with van der Waals surface area (Å²) in [7, 11) is 0. The lowest BCUT2D eigenvalue weighted by atomic mass is 10.3. The maximum Gasteiger partial charge on any atom is 0.573 e. The normalized spacial score (nSPS) is 11.5. The van der Waals surface area contributed by atoms with Crippen LogP contribution in [0.25, 0.3) is 5.69 Å². The zero-order valence-corrected chi connectivity index (χ0v) is 8.52. The summed E-state index contributed by atoms with van der Waals surface area (Å²) in [6.07, 6.45) is -4.79. The molecule has 0 bridgehead atoms. The van der Waals surface area contributed by atoms with Crippen molar-refractivity contribution in [1.82, 2.24) is 9.72 Å². The van der Waals surface area contributed by atoms with Crippen molar-refractivity contribution in [3.05, 3.63) is 45.3 Å². The first-order valence-corrected chi connectivity index (χ1v) is 4.54. The highest BCUT2D eigenvalue weighted by atomic mass is 19.4. The minimum Gasteiger partial charge on any atom is -0.406 e. The minimum absolute atomic E-state index is 0.0906. The number of alkyl halides is 3. The molecule has 0 spiro atoms. The molecular weight excluding hydrogens is 257 g/mol. The predicted octanol–water partition coefficient (Wildman–Crippen LogP) is 1.02. The largest absolute Gasteiger partial charge is 0.573 e. The number of nitrogens with one attached hydrogen (secondary N) is 1. The summed E-state index contributed by atoms with van der Waals surface area (Å²) in [5, 5.41) is 0. The molecule has 0 atom stereocenters. The summed E-state index contributed by atoms with van der Waals surface area (Å²) in [5.74, 6) is -1.41. The molecule has 96 valence electrons. The average Bonchev–Trinajstić information content (AvgIpc) is 2.57. The molecule has 0 saturated heterocycles. The van der Waals surface area contributed by atoms with Crippen LogP contribution in [-0.2, 0) is 0 Å². The van der Waals surface area contributed by atoms with Crippen molar-refractivity contribution in [2.45, 2.75) is 6.36 Å². The average molecular weight is 262 g/mol. The fourth-order valence-corrected chi connectivity index (χ4v) is 1.24. The lowest BCUT2D eigenvalue weighted by Crippen LogP contribution is -2.17. The van der Waals surface area contributed by atoms with E-state index < -0.39 is 23.6 Å². The Balaban J connectivity index is 2.31. The van der Waals surface area contributed by atoms with Crippen molar-refractivity contribution in [2.24, 2.45) is 0 Å². The van der Waals surface area contributed by atoms with Crippen LogP contribution >= 0.6 is 0 Å². The van der Waals surface area contributed by atoms with E-state index in [4.69, 9.17) is 0 Å². The first-order chi connectivity index (χ1) is 8.35. The fraction of sp³-hybridized carbons (Fsp3) is 0.111. The Kier molecular flexibility index (Phi) is 2.73. The van der Waals surface area contributed by atoms with E-state index in [0.717, 1.165) is 24.3 Å². The van der Waals surface area contributed by atoms with Gasteiger partial charge in [-0.1, -0.05) is 0 Å². The van der Waals surface area contributed by atoms with Crippen molar-refractivity contribution in [3.63, 3.8) is 0 Å². The van der Waals surface area contributed by atoms with E-state index in [1.807, 2.05) is 4.98 Å². The van der Waals surface area contributed by atoms with Crippen LogP contribution in [0.2, 0.25) is 0 Å². The highest BCUT2D eigenvalue weighted by Crippen LogP contribution is 2.23. The quantitative estimate of drug-likeness (QED) is 0.876. The Morgan fingerprint density at radius 1 is 1.17 bits per heavy atom. The maximum absolute atomic E-state index is 11.9. The van der Waals surface area contributed by atoms with Gasteiger partial charge in [0.2, 0.25) is 0 Å². The van der Waals surface area contributed by atoms with Crippen molar-refractivity contribution >= 4 is 0 Å². The Hall–Kier alpha value is -2.45. The number of nitrogens with zero attached hydrogens (tertiary/aromatic N) is 1. The summed E-state index contributed by atoms with van der Waals surface area (Å²) in [6, 6.07) is 4.25. The molecule has 9 heteroatoms. The number of aromatic amines is 1. The molecule has 0 aliphatic rings. The third-order valence-electron chi connectivity index (χ3n) is 1.87. The Morgan fingerprint density at radius 3 is 2.22 bits per heavy atom. The number of aromatic nitrogens is 2. The van der Waals surface area contributed by atoms with E-state index in [1.54, 1.807) is 0 Å². The van der Waals surface area contributed by atoms with Gasteiger partial charge in [-0.3, -0.25) is 0 Å². The molecule has 0 radical (unpaired) electrons. The predicted molar refractivity (Wildman–Crippen MR) is 51.6 cm³/mol. The van der Waals surface area contributed by atoms with Crippen LogP contribution in [-0.4, -0.2) is 16.1 Å². The van der Waals surface area contributed by atoms with Crippen LogP contribution in [0.5, 0.6) is 5.75 Å². The van der Waals surface area contributed by atoms with E-state index >= 15 is 0 Å². The minimum atomic E-state index is -4.79. The van der Waals surface area contributed by atoms with Crippen LogP contribution < -0.4 is 16.2 Å². The molecule has 6 nitrogen and oxygen atoms in total. The molecule has 18 heavy (non-hydrogen) atoms. The summed E-state index contributed by atoms with van der Waals surface area (Å²) in [6.45, 7) is 0. The summed E-state index contributed by atoms with van der Waals surface area (Å²) >= 11 is 0. The maximum atomic E-state index is 11.9. The molecule has 0 aliphatic heterocycles. The number of H-pyrrole nitrogens is 1. The Morgan fingerprint density at radius 2 is 1.78 bits per heavy atom. The summed E-state index contributed by atoms with van der Waals surface area (Å²) in [5.41, 5.74) is -0.739. The van der Waals surface area contributed by atoms with Gasteiger partial charge in [-0.2, -0.15) is 0 Å². The van der Waals surface area contributed by atoms with Gasteiger partial charge in [-0.15, -0.1) is 17.9 Å². The second kappa shape index (κ2) is 4.09. The van der Waals surface area contributed by atoms with Crippen LogP contribution in [0.4, 0.5) is 13.2 Å².